The number of nitrogens with one attached hydrogen (secondary N) is 1. The van der Waals surface area contributed by atoms with Gasteiger partial charge in [0.05, 0.1) is 6.54 Å². The molecule has 2 aromatic carbocycles. The number of aromatic nitrogens is 2. The van der Waals surface area contributed by atoms with Crippen LogP contribution in [0.1, 0.15) is 24.2 Å². The second-order valence-corrected chi connectivity index (χ2v) is 8.35. The zero-order valence-electron chi connectivity index (χ0n) is 16.3. The molecule has 0 bridgehead atoms. The summed E-state index contributed by atoms with van der Waals surface area (Å²) in [4.78, 5) is 19.3. The van der Waals surface area contributed by atoms with Crippen molar-refractivity contribution < 1.29 is 9.32 Å². The van der Waals surface area contributed by atoms with Crippen LogP contribution in [-0.4, -0.2) is 34.0 Å². The molecule has 2 heterocycles. The standard InChI is InChI=1S/C22H23BrN4O2/c1-15-3-2-4-17(13-15)22-25-20(26-29-22)14-27-11-9-16(10-12-27)21(28)24-19-7-5-18(23)6-8-19/h2-8,13,16H,9-12,14H2,1H3,(H,24,28). The Balaban J connectivity index is 1.29. The van der Waals surface area contributed by atoms with Gasteiger partial charge in [-0.2, -0.15) is 4.98 Å². The molecule has 29 heavy (non-hydrogen) atoms. The zero-order valence-corrected chi connectivity index (χ0v) is 17.9. The van der Waals surface area contributed by atoms with Crippen molar-refractivity contribution >= 4 is 27.5 Å². The lowest BCUT2D eigenvalue weighted by molar-refractivity contribution is -0.121. The maximum Gasteiger partial charge on any atom is 0.257 e. The number of aryl methyl sites for hydroxylation is 1. The van der Waals surface area contributed by atoms with E-state index in [4.69, 9.17) is 4.52 Å². The fourth-order valence-electron chi connectivity index (χ4n) is 3.54. The van der Waals surface area contributed by atoms with Crippen molar-refractivity contribution in [3.63, 3.8) is 0 Å². The van der Waals surface area contributed by atoms with E-state index in [9.17, 15) is 4.79 Å². The lowest BCUT2D eigenvalue weighted by Crippen LogP contribution is -2.38. The van der Waals surface area contributed by atoms with Gasteiger partial charge in [0.25, 0.3) is 5.89 Å². The van der Waals surface area contributed by atoms with E-state index in [2.05, 4.69) is 36.3 Å². The Hall–Kier alpha value is -2.51. The summed E-state index contributed by atoms with van der Waals surface area (Å²) in [6.45, 7) is 4.35. The van der Waals surface area contributed by atoms with Crippen molar-refractivity contribution in [2.75, 3.05) is 18.4 Å². The molecule has 150 valence electrons. The van der Waals surface area contributed by atoms with Gasteiger partial charge in [-0.25, -0.2) is 0 Å². The molecular weight excluding hydrogens is 432 g/mol. The molecule has 1 aliphatic rings. The van der Waals surface area contributed by atoms with Gasteiger partial charge < -0.3 is 9.84 Å². The lowest BCUT2D eigenvalue weighted by Gasteiger charge is -2.30. The summed E-state index contributed by atoms with van der Waals surface area (Å²) >= 11 is 3.40. The predicted molar refractivity (Wildman–Crippen MR) is 115 cm³/mol. The number of piperidine rings is 1. The minimum Gasteiger partial charge on any atom is -0.334 e. The van der Waals surface area contributed by atoms with Crippen molar-refractivity contribution in [1.82, 2.24) is 15.0 Å². The van der Waals surface area contributed by atoms with Crippen LogP contribution in [0.3, 0.4) is 0 Å². The highest BCUT2D eigenvalue weighted by Crippen LogP contribution is 2.23. The SMILES string of the molecule is Cc1cccc(-c2nc(CN3CCC(C(=O)Nc4ccc(Br)cc4)CC3)no2)c1. The van der Waals surface area contributed by atoms with Gasteiger partial charge in [0, 0.05) is 21.6 Å². The van der Waals surface area contributed by atoms with Gasteiger partial charge >= 0.3 is 0 Å². The predicted octanol–water partition coefficient (Wildman–Crippen LogP) is 4.66. The van der Waals surface area contributed by atoms with Gasteiger partial charge in [-0.05, 0) is 69.3 Å². The maximum absolute atomic E-state index is 12.5. The molecule has 1 saturated heterocycles. The van der Waals surface area contributed by atoms with E-state index in [0.717, 1.165) is 47.2 Å². The maximum atomic E-state index is 12.5. The number of benzene rings is 2. The number of carbonyl (C=O) groups is 1. The number of nitrogens with zero attached hydrogens (tertiary/aromatic N) is 3. The molecule has 0 saturated carbocycles. The molecular formula is C22H23BrN4O2. The number of likely N-dealkylation sites (tertiary alicyclic amines) is 1. The van der Waals surface area contributed by atoms with E-state index in [1.54, 1.807) is 0 Å². The zero-order chi connectivity index (χ0) is 20.2. The van der Waals surface area contributed by atoms with Crippen molar-refractivity contribution in [1.29, 1.82) is 0 Å². The van der Waals surface area contributed by atoms with E-state index >= 15 is 0 Å². The first kappa shape index (κ1) is 19.8. The van der Waals surface area contributed by atoms with Gasteiger partial charge in [-0.1, -0.05) is 38.8 Å². The van der Waals surface area contributed by atoms with E-state index in [1.807, 2.05) is 55.5 Å². The molecule has 0 atom stereocenters. The highest BCUT2D eigenvalue weighted by Gasteiger charge is 2.26. The fourth-order valence-corrected chi connectivity index (χ4v) is 3.81. The molecule has 7 heteroatoms. The van der Waals surface area contributed by atoms with Gasteiger partial charge in [0.2, 0.25) is 5.91 Å². The van der Waals surface area contributed by atoms with E-state index in [-0.39, 0.29) is 11.8 Å². The first-order valence-corrected chi connectivity index (χ1v) is 10.5. The highest BCUT2D eigenvalue weighted by atomic mass is 79.9. The van der Waals surface area contributed by atoms with Crippen LogP contribution < -0.4 is 5.32 Å². The molecule has 0 unspecified atom stereocenters. The van der Waals surface area contributed by atoms with Crippen molar-refractivity contribution in [3.05, 3.63) is 64.4 Å². The number of rotatable bonds is 5. The second kappa shape index (κ2) is 8.88. The van der Waals surface area contributed by atoms with Crippen LogP contribution in [0.5, 0.6) is 0 Å². The second-order valence-electron chi connectivity index (χ2n) is 7.43. The Morgan fingerprint density at radius 3 is 2.69 bits per heavy atom. The molecule has 4 rings (SSSR count). The minimum absolute atomic E-state index is 0.0306. The molecule has 1 N–H and O–H groups in total. The molecule has 3 aromatic rings. The summed E-state index contributed by atoms with van der Waals surface area (Å²) in [6, 6.07) is 15.7. The van der Waals surface area contributed by atoms with Gasteiger partial charge in [0.15, 0.2) is 5.82 Å². The number of halogens is 1. The molecule has 0 spiro atoms. The Morgan fingerprint density at radius 2 is 1.97 bits per heavy atom. The van der Waals surface area contributed by atoms with Crippen molar-refractivity contribution in [3.8, 4) is 11.5 Å². The topological polar surface area (TPSA) is 71.3 Å². The Labute approximate surface area is 178 Å². The van der Waals surface area contributed by atoms with E-state index < -0.39 is 0 Å². The number of amides is 1. The monoisotopic (exact) mass is 454 g/mol. The molecule has 1 fully saturated rings. The first-order chi connectivity index (χ1) is 14.1. The van der Waals surface area contributed by atoms with Crippen LogP contribution >= 0.6 is 15.9 Å². The normalized spacial score (nSPS) is 15.4. The third-order valence-corrected chi connectivity index (χ3v) is 5.70. The molecule has 1 aliphatic heterocycles. The average molecular weight is 455 g/mol. The molecule has 6 nitrogen and oxygen atoms in total. The number of carbonyl (C=O) groups excluding carboxylic acids is 1. The van der Waals surface area contributed by atoms with Crippen LogP contribution in [0.25, 0.3) is 11.5 Å². The van der Waals surface area contributed by atoms with E-state index in [0.29, 0.717) is 18.3 Å². The smallest absolute Gasteiger partial charge is 0.257 e. The summed E-state index contributed by atoms with van der Waals surface area (Å²) in [5.41, 5.74) is 2.92. The molecule has 1 aromatic heterocycles. The first-order valence-electron chi connectivity index (χ1n) is 9.75. The molecule has 0 aliphatic carbocycles. The fraction of sp³-hybridized carbons (Fsp3) is 0.318. The van der Waals surface area contributed by atoms with Gasteiger partial charge in [-0.15, -0.1) is 0 Å². The largest absolute Gasteiger partial charge is 0.334 e. The molecule has 1 amide bonds. The average Bonchev–Trinajstić information content (AvgIpc) is 3.19. The van der Waals surface area contributed by atoms with Gasteiger partial charge in [0.1, 0.15) is 0 Å². The number of hydrogen-bond donors (Lipinski definition) is 1. The Kier molecular flexibility index (Phi) is 6.06. The number of hydrogen-bond acceptors (Lipinski definition) is 5. The van der Waals surface area contributed by atoms with E-state index in [1.165, 1.54) is 0 Å². The summed E-state index contributed by atoms with van der Waals surface area (Å²) < 4.78 is 6.42. The van der Waals surface area contributed by atoms with Crippen LogP contribution in [0.2, 0.25) is 0 Å². The Bertz CT molecular complexity index is 978. The summed E-state index contributed by atoms with van der Waals surface area (Å²) in [7, 11) is 0. The quantitative estimate of drug-likeness (QED) is 0.606. The van der Waals surface area contributed by atoms with Crippen LogP contribution in [0.15, 0.2) is 57.5 Å². The summed E-state index contributed by atoms with van der Waals surface area (Å²) in [5.74, 6) is 1.35. The van der Waals surface area contributed by atoms with Gasteiger partial charge in [-0.3, -0.25) is 9.69 Å². The molecule has 0 radical (unpaired) electrons. The van der Waals surface area contributed by atoms with Crippen LogP contribution in [0, 0.1) is 12.8 Å². The van der Waals surface area contributed by atoms with Crippen LogP contribution in [-0.2, 0) is 11.3 Å². The van der Waals surface area contributed by atoms with Crippen molar-refractivity contribution in [2.24, 2.45) is 5.92 Å². The van der Waals surface area contributed by atoms with Crippen molar-refractivity contribution in [2.45, 2.75) is 26.3 Å². The summed E-state index contributed by atoms with van der Waals surface area (Å²) in [5, 5.41) is 7.13. The number of anilines is 1. The third-order valence-electron chi connectivity index (χ3n) is 5.17. The minimum atomic E-state index is 0.0306. The lowest BCUT2D eigenvalue weighted by atomic mass is 9.96. The third kappa shape index (κ3) is 5.10. The highest BCUT2D eigenvalue weighted by molar-refractivity contribution is 9.10. The summed E-state index contributed by atoms with van der Waals surface area (Å²) in [6.07, 6.45) is 1.65. The Morgan fingerprint density at radius 1 is 1.21 bits per heavy atom. The van der Waals surface area contributed by atoms with Crippen LogP contribution in [0.4, 0.5) is 5.69 Å².